The molecule has 0 unspecified atom stereocenters. The Morgan fingerprint density at radius 1 is 1.46 bits per heavy atom. The van der Waals surface area contributed by atoms with Crippen molar-refractivity contribution in [2.75, 3.05) is 4.90 Å². The second-order valence-corrected chi connectivity index (χ2v) is 6.65. The summed E-state index contributed by atoms with van der Waals surface area (Å²) >= 11 is 0. The van der Waals surface area contributed by atoms with E-state index in [0.29, 0.717) is 6.42 Å². The van der Waals surface area contributed by atoms with Crippen LogP contribution in [0.2, 0.25) is 0 Å². The van der Waals surface area contributed by atoms with Gasteiger partial charge in [0.15, 0.2) is 0 Å². The zero-order chi connectivity index (χ0) is 17.1. The van der Waals surface area contributed by atoms with Crippen LogP contribution in [0.25, 0.3) is 0 Å². The van der Waals surface area contributed by atoms with E-state index in [-0.39, 0.29) is 11.9 Å². The van der Waals surface area contributed by atoms with E-state index in [2.05, 4.69) is 6.58 Å². The van der Waals surface area contributed by atoms with Crippen LogP contribution in [-0.2, 0) is 14.3 Å². The third kappa shape index (κ3) is 1.73. The lowest BCUT2D eigenvalue weighted by atomic mass is 9.74. The maximum absolute atomic E-state index is 13.2. The van der Waals surface area contributed by atoms with Gasteiger partial charge in [-0.05, 0) is 25.0 Å². The number of nitrogens with zero attached hydrogens (tertiary/aromatic N) is 1. The molecule has 2 fully saturated rings. The molecular weight excluding hydrogens is 306 g/mol. The first-order valence-corrected chi connectivity index (χ1v) is 8.09. The highest BCUT2D eigenvalue weighted by atomic mass is 16.5. The fourth-order valence-corrected chi connectivity index (χ4v) is 4.49. The number of carbonyl (C=O) groups excluding carboxylic acids is 2. The number of fused-ring (bicyclic) bond motifs is 1. The number of hydrogen-bond acceptors (Lipinski definition) is 4. The topological polar surface area (TPSA) is 69.7 Å². The van der Waals surface area contributed by atoms with E-state index in [1.807, 2.05) is 37.3 Å². The molecule has 1 spiro atoms. The van der Waals surface area contributed by atoms with Crippen LogP contribution >= 0.6 is 0 Å². The average molecular weight is 324 g/mol. The molecule has 24 heavy (non-hydrogen) atoms. The quantitative estimate of drug-likeness (QED) is 0.774. The minimum absolute atomic E-state index is 0.211. The number of hydrogen-bond donors (Lipinski definition) is 0. The number of amides is 1. The molecule has 124 valence electrons. The number of ether oxygens (including phenoxy) is 1. The molecule has 1 amide bonds. The molecular formula is C19H18NO4-. The van der Waals surface area contributed by atoms with Crippen molar-refractivity contribution in [3.63, 3.8) is 0 Å². The van der Waals surface area contributed by atoms with Crippen molar-refractivity contribution < 1.29 is 19.4 Å². The zero-order valence-corrected chi connectivity index (χ0v) is 13.3. The Balaban J connectivity index is 1.87. The van der Waals surface area contributed by atoms with Crippen LogP contribution in [0.1, 0.15) is 12.0 Å². The highest BCUT2D eigenvalue weighted by Crippen LogP contribution is 2.56. The van der Waals surface area contributed by atoms with Gasteiger partial charge in [-0.2, -0.15) is 0 Å². The molecule has 4 rings (SSSR count). The zero-order valence-electron chi connectivity index (χ0n) is 13.3. The van der Waals surface area contributed by atoms with E-state index in [0.717, 1.165) is 11.3 Å². The minimum Gasteiger partial charge on any atom is -0.550 e. The van der Waals surface area contributed by atoms with Crippen molar-refractivity contribution in [3.8, 4) is 0 Å². The summed E-state index contributed by atoms with van der Waals surface area (Å²) in [5.41, 5.74) is 0.832. The summed E-state index contributed by atoms with van der Waals surface area (Å²) in [7, 11) is 0. The second-order valence-electron chi connectivity index (χ2n) is 6.65. The molecule has 1 aromatic carbocycles. The normalized spacial score (nSPS) is 36.2. The van der Waals surface area contributed by atoms with Crippen LogP contribution in [0.3, 0.4) is 0 Å². The number of carboxylic acid groups (broad SMARTS) is 1. The molecule has 0 aromatic heterocycles. The first-order valence-electron chi connectivity index (χ1n) is 8.09. The van der Waals surface area contributed by atoms with E-state index in [1.54, 1.807) is 17.1 Å². The van der Waals surface area contributed by atoms with Gasteiger partial charge >= 0.3 is 0 Å². The Morgan fingerprint density at radius 3 is 2.88 bits per heavy atom. The van der Waals surface area contributed by atoms with E-state index in [4.69, 9.17) is 4.74 Å². The van der Waals surface area contributed by atoms with Gasteiger partial charge in [-0.15, -0.1) is 6.58 Å². The molecule has 5 nitrogen and oxygen atoms in total. The minimum atomic E-state index is -1.23. The number of aryl methyl sites for hydroxylation is 1. The molecule has 1 aromatic rings. The number of benzene rings is 1. The van der Waals surface area contributed by atoms with E-state index >= 15 is 0 Å². The molecule has 2 saturated heterocycles. The molecule has 3 heterocycles. The van der Waals surface area contributed by atoms with Crippen molar-refractivity contribution in [1.29, 1.82) is 0 Å². The second kappa shape index (κ2) is 5.05. The van der Waals surface area contributed by atoms with Crippen LogP contribution < -0.4 is 10.0 Å². The van der Waals surface area contributed by atoms with Crippen molar-refractivity contribution in [1.82, 2.24) is 0 Å². The summed E-state index contributed by atoms with van der Waals surface area (Å²) in [5.74, 6) is -3.13. The Labute approximate surface area is 140 Å². The van der Waals surface area contributed by atoms with Gasteiger partial charge in [-0.1, -0.05) is 36.4 Å². The van der Waals surface area contributed by atoms with Gasteiger partial charge in [0.1, 0.15) is 5.60 Å². The molecule has 5 heteroatoms. The molecule has 0 N–H and O–H groups in total. The van der Waals surface area contributed by atoms with Crippen LogP contribution in [0.15, 0.2) is 49.1 Å². The van der Waals surface area contributed by atoms with E-state index in [1.165, 1.54) is 0 Å². The van der Waals surface area contributed by atoms with Gasteiger partial charge in [0.05, 0.1) is 18.1 Å². The molecule has 0 saturated carbocycles. The average Bonchev–Trinajstić information content (AvgIpc) is 3.18. The lowest BCUT2D eigenvalue weighted by Crippen LogP contribution is -2.46. The Hall–Kier alpha value is -2.40. The van der Waals surface area contributed by atoms with Crippen molar-refractivity contribution in [3.05, 3.63) is 54.6 Å². The summed E-state index contributed by atoms with van der Waals surface area (Å²) in [6, 6.07) is 7.29. The molecule has 3 aliphatic heterocycles. The number of carbonyl (C=O) groups is 2. The molecule has 2 bridgehead atoms. The van der Waals surface area contributed by atoms with Crippen LogP contribution in [-0.4, -0.2) is 29.6 Å². The van der Waals surface area contributed by atoms with Crippen molar-refractivity contribution >= 4 is 17.6 Å². The van der Waals surface area contributed by atoms with Crippen LogP contribution in [0.5, 0.6) is 0 Å². The Morgan fingerprint density at radius 2 is 2.21 bits per heavy atom. The molecule has 5 atom stereocenters. The SMILES string of the molecule is C=CC[C@@H]1N(c2ccccc2C)C(=O)[C@@H]2[C@@H](C(=O)[O-])[C@H]3C=C[C@]21O3. The summed E-state index contributed by atoms with van der Waals surface area (Å²) in [4.78, 5) is 26.5. The third-order valence-electron chi connectivity index (χ3n) is 5.46. The Bertz CT molecular complexity index is 770. The molecule has 0 aliphatic carbocycles. The smallest absolute Gasteiger partial charge is 0.234 e. The first kappa shape index (κ1) is 15.1. The standard InChI is InChI=1S/C19H19NO4/c1-3-6-14-19-10-9-13(24-19)15(18(22)23)16(19)17(21)20(14)12-8-5-4-7-11(12)2/h3-5,7-10,13-16H,1,6H2,2H3,(H,22,23)/p-1/t13-,14+,15+,16+,19-/m1/s1. The number of para-hydroxylation sites is 1. The predicted octanol–water partition coefficient (Wildman–Crippen LogP) is 0.976. The number of carboxylic acids is 1. The van der Waals surface area contributed by atoms with Crippen LogP contribution in [0, 0.1) is 18.8 Å². The third-order valence-corrected chi connectivity index (χ3v) is 5.46. The summed E-state index contributed by atoms with van der Waals surface area (Å²) < 4.78 is 6.04. The first-order chi connectivity index (χ1) is 11.5. The van der Waals surface area contributed by atoms with Crippen LogP contribution in [0.4, 0.5) is 5.69 Å². The largest absolute Gasteiger partial charge is 0.550 e. The highest BCUT2D eigenvalue weighted by Gasteiger charge is 2.69. The van der Waals surface area contributed by atoms with Gasteiger partial charge in [0.25, 0.3) is 0 Å². The fourth-order valence-electron chi connectivity index (χ4n) is 4.49. The van der Waals surface area contributed by atoms with Gasteiger partial charge < -0.3 is 19.5 Å². The summed E-state index contributed by atoms with van der Waals surface area (Å²) in [6.45, 7) is 5.74. The lowest BCUT2D eigenvalue weighted by Gasteiger charge is -2.33. The lowest BCUT2D eigenvalue weighted by molar-refractivity contribution is -0.313. The van der Waals surface area contributed by atoms with Crippen molar-refractivity contribution in [2.24, 2.45) is 11.8 Å². The monoisotopic (exact) mass is 324 g/mol. The summed E-state index contributed by atoms with van der Waals surface area (Å²) in [6.07, 6.45) is 5.30. The highest BCUT2D eigenvalue weighted by molar-refractivity contribution is 6.03. The summed E-state index contributed by atoms with van der Waals surface area (Å²) in [5, 5.41) is 11.6. The maximum atomic E-state index is 13.2. The predicted molar refractivity (Wildman–Crippen MR) is 86.0 cm³/mol. The number of anilines is 1. The van der Waals surface area contributed by atoms with Gasteiger partial charge in [-0.3, -0.25) is 4.79 Å². The van der Waals surface area contributed by atoms with E-state index < -0.39 is 29.5 Å². The Kier molecular flexibility index (Phi) is 3.18. The molecule has 0 radical (unpaired) electrons. The van der Waals surface area contributed by atoms with Gasteiger partial charge in [-0.25, -0.2) is 0 Å². The molecule has 3 aliphatic rings. The van der Waals surface area contributed by atoms with Gasteiger partial charge in [0.2, 0.25) is 5.91 Å². The fraction of sp³-hybridized carbons (Fsp3) is 0.368. The van der Waals surface area contributed by atoms with Crippen molar-refractivity contribution in [2.45, 2.75) is 31.1 Å². The number of rotatable bonds is 4. The van der Waals surface area contributed by atoms with E-state index in [9.17, 15) is 14.7 Å². The van der Waals surface area contributed by atoms with Gasteiger partial charge in [0, 0.05) is 17.6 Å². The number of aliphatic carboxylic acids is 1. The maximum Gasteiger partial charge on any atom is 0.234 e.